The SMILES string of the molecule is CC(=N[C@H]1COCO[C@H]1c1ccccc1)NC#N. The zero-order valence-electron chi connectivity index (χ0n) is 10.2. The van der Waals surface area contributed by atoms with Gasteiger partial charge in [-0.15, -0.1) is 0 Å². The lowest BCUT2D eigenvalue weighted by atomic mass is 10.0. The van der Waals surface area contributed by atoms with E-state index in [-0.39, 0.29) is 18.9 Å². The lowest BCUT2D eigenvalue weighted by Gasteiger charge is -2.29. The molecule has 0 spiro atoms. The number of rotatable bonds is 2. The predicted molar refractivity (Wildman–Crippen MR) is 66.7 cm³/mol. The van der Waals surface area contributed by atoms with Crippen molar-refractivity contribution in [3.05, 3.63) is 35.9 Å². The predicted octanol–water partition coefficient (Wildman–Crippen LogP) is 1.59. The van der Waals surface area contributed by atoms with E-state index in [1.54, 1.807) is 6.92 Å². The number of hydrogen-bond donors (Lipinski definition) is 1. The van der Waals surface area contributed by atoms with Gasteiger partial charge in [-0.2, -0.15) is 5.26 Å². The third-order valence-corrected chi connectivity index (χ3v) is 2.69. The molecule has 0 saturated carbocycles. The summed E-state index contributed by atoms with van der Waals surface area (Å²) in [4.78, 5) is 4.42. The fraction of sp³-hybridized carbons (Fsp3) is 0.385. The molecule has 2 atom stereocenters. The third kappa shape index (κ3) is 3.06. The van der Waals surface area contributed by atoms with Gasteiger partial charge < -0.3 is 9.47 Å². The van der Waals surface area contributed by atoms with E-state index in [0.717, 1.165) is 5.56 Å². The first-order valence-electron chi connectivity index (χ1n) is 5.75. The number of aliphatic imine (C=N–C) groups is 1. The molecule has 0 bridgehead atoms. The third-order valence-electron chi connectivity index (χ3n) is 2.69. The van der Waals surface area contributed by atoms with E-state index >= 15 is 0 Å². The van der Waals surface area contributed by atoms with Crippen molar-refractivity contribution in [3.8, 4) is 6.19 Å². The minimum absolute atomic E-state index is 0.129. The molecule has 0 radical (unpaired) electrons. The molecular formula is C13H15N3O2. The van der Waals surface area contributed by atoms with Crippen LogP contribution in [0.3, 0.4) is 0 Å². The van der Waals surface area contributed by atoms with Crippen molar-refractivity contribution in [1.29, 1.82) is 5.26 Å². The fourth-order valence-corrected chi connectivity index (χ4v) is 1.92. The average molecular weight is 245 g/mol. The van der Waals surface area contributed by atoms with Crippen molar-refractivity contribution >= 4 is 5.84 Å². The number of hydrogen-bond acceptors (Lipinski definition) is 4. The molecule has 1 saturated heterocycles. The van der Waals surface area contributed by atoms with E-state index in [9.17, 15) is 0 Å². The molecule has 0 amide bonds. The molecule has 1 aromatic carbocycles. The van der Waals surface area contributed by atoms with E-state index in [0.29, 0.717) is 12.4 Å². The molecule has 0 aliphatic carbocycles. The van der Waals surface area contributed by atoms with E-state index < -0.39 is 0 Å². The first-order valence-corrected chi connectivity index (χ1v) is 5.75. The van der Waals surface area contributed by atoms with Gasteiger partial charge in [0.1, 0.15) is 24.8 Å². The van der Waals surface area contributed by atoms with Gasteiger partial charge in [0.2, 0.25) is 0 Å². The number of amidine groups is 1. The van der Waals surface area contributed by atoms with Crippen LogP contribution in [0, 0.1) is 11.5 Å². The summed E-state index contributed by atoms with van der Waals surface area (Å²) in [6, 6.07) is 9.77. The van der Waals surface area contributed by atoms with Gasteiger partial charge in [-0.3, -0.25) is 10.3 Å². The van der Waals surface area contributed by atoms with E-state index in [4.69, 9.17) is 14.7 Å². The Labute approximate surface area is 106 Å². The normalized spacial score (nSPS) is 24.3. The maximum atomic E-state index is 8.54. The molecule has 0 unspecified atom stereocenters. The van der Waals surface area contributed by atoms with Gasteiger partial charge in [-0.25, -0.2) is 0 Å². The first kappa shape index (κ1) is 12.6. The Morgan fingerprint density at radius 2 is 2.22 bits per heavy atom. The van der Waals surface area contributed by atoms with Crippen LogP contribution in [0.25, 0.3) is 0 Å². The second-order valence-corrected chi connectivity index (χ2v) is 4.01. The van der Waals surface area contributed by atoms with Gasteiger partial charge in [0, 0.05) is 0 Å². The number of nitrogens with one attached hydrogen (secondary N) is 1. The Morgan fingerprint density at radius 1 is 1.44 bits per heavy atom. The smallest absolute Gasteiger partial charge is 0.182 e. The van der Waals surface area contributed by atoms with Gasteiger partial charge in [0.05, 0.1) is 6.61 Å². The van der Waals surface area contributed by atoms with Crippen LogP contribution in [0.4, 0.5) is 0 Å². The highest BCUT2D eigenvalue weighted by Gasteiger charge is 2.27. The number of benzene rings is 1. The maximum absolute atomic E-state index is 8.54. The van der Waals surface area contributed by atoms with Crippen LogP contribution in [0.5, 0.6) is 0 Å². The molecule has 2 rings (SSSR count). The molecule has 5 heteroatoms. The Balaban J connectivity index is 2.17. The van der Waals surface area contributed by atoms with E-state index in [1.807, 2.05) is 36.5 Å². The Kier molecular flexibility index (Phi) is 4.29. The van der Waals surface area contributed by atoms with Crippen molar-refractivity contribution in [2.75, 3.05) is 13.4 Å². The lowest BCUT2D eigenvalue weighted by molar-refractivity contribution is -0.150. The highest BCUT2D eigenvalue weighted by Crippen LogP contribution is 2.26. The minimum Gasteiger partial charge on any atom is -0.353 e. The molecular weight excluding hydrogens is 230 g/mol. The highest BCUT2D eigenvalue weighted by molar-refractivity contribution is 5.81. The summed E-state index contributed by atoms with van der Waals surface area (Å²) in [6.07, 6.45) is 1.72. The van der Waals surface area contributed by atoms with Crippen LogP contribution < -0.4 is 5.32 Å². The zero-order valence-corrected chi connectivity index (χ0v) is 10.2. The summed E-state index contributed by atoms with van der Waals surface area (Å²) >= 11 is 0. The minimum atomic E-state index is -0.137. The van der Waals surface area contributed by atoms with Crippen molar-refractivity contribution in [2.24, 2.45) is 4.99 Å². The van der Waals surface area contributed by atoms with Crippen LogP contribution in [0.2, 0.25) is 0 Å². The van der Waals surface area contributed by atoms with Crippen LogP contribution in [-0.4, -0.2) is 25.3 Å². The summed E-state index contributed by atoms with van der Waals surface area (Å²) in [5.41, 5.74) is 1.07. The molecule has 1 heterocycles. The summed E-state index contributed by atoms with van der Waals surface area (Å²) in [6.45, 7) is 2.51. The highest BCUT2D eigenvalue weighted by atomic mass is 16.7. The standard InChI is InChI=1S/C13H15N3O2/c1-10(15-8-14)16-12-7-17-9-18-13(12)11-5-3-2-4-6-11/h2-6,12-13H,7,9H2,1H3,(H,15,16)/t12-,13-/m0/s1. The summed E-state index contributed by atoms with van der Waals surface area (Å²) in [5.74, 6) is 0.567. The van der Waals surface area contributed by atoms with Gasteiger partial charge in [-0.05, 0) is 12.5 Å². The molecule has 0 aromatic heterocycles. The molecule has 1 fully saturated rings. The topological polar surface area (TPSA) is 66.6 Å². The van der Waals surface area contributed by atoms with Crippen molar-refractivity contribution in [2.45, 2.75) is 19.1 Å². The van der Waals surface area contributed by atoms with Crippen molar-refractivity contribution < 1.29 is 9.47 Å². The van der Waals surface area contributed by atoms with Gasteiger partial charge in [-0.1, -0.05) is 30.3 Å². The Bertz CT molecular complexity index is 453. The molecule has 1 aliphatic heterocycles. The van der Waals surface area contributed by atoms with Crippen LogP contribution in [-0.2, 0) is 9.47 Å². The Hall–Kier alpha value is -1.90. The number of ether oxygens (including phenoxy) is 2. The maximum Gasteiger partial charge on any atom is 0.182 e. The van der Waals surface area contributed by atoms with Crippen LogP contribution >= 0.6 is 0 Å². The van der Waals surface area contributed by atoms with Crippen LogP contribution in [0.15, 0.2) is 35.3 Å². The molecule has 1 N–H and O–H groups in total. The van der Waals surface area contributed by atoms with Crippen molar-refractivity contribution in [1.82, 2.24) is 5.32 Å². The zero-order chi connectivity index (χ0) is 12.8. The number of nitrogens with zero attached hydrogens (tertiary/aromatic N) is 2. The van der Waals surface area contributed by atoms with E-state index in [1.165, 1.54) is 0 Å². The largest absolute Gasteiger partial charge is 0.353 e. The quantitative estimate of drug-likeness (QED) is 0.372. The van der Waals surface area contributed by atoms with E-state index in [2.05, 4.69) is 10.3 Å². The first-order chi connectivity index (χ1) is 8.81. The lowest BCUT2D eigenvalue weighted by Crippen LogP contribution is -2.33. The van der Waals surface area contributed by atoms with Crippen molar-refractivity contribution in [3.63, 3.8) is 0 Å². The molecule has 5 nitrogen and oxygen atoms in total. The molecule has 18 heavy (non-hydrogen) atoms. The second-order valence-electron chi connectivity index (χ2n) is 4.01. The summed E-state index contributed by atoms with van der Waals surface area (Å²) < 4.78 is 10.9. The van der Waals surface area contributed by atoms with Gasteiger partial charge >= 0.3 is 0 Å². The summed E-state index contributed by atoms with van der Waals surface area (Å²) in [7, 11) is 0. The Morgan fingerprint density at radius 3 is 2.94 bits per heavy atom. The second kappa shape index (κ2) is 6.15. The summed E-state index contributed by atoms with van der Waals surface area (Å²) in [5, 5.41) is 11.1. The average Bonchev–Trinajstić information content (AvgIpc) is 2.40. The van der Waals surface area contributed by atoms with Gasteiger partial charge in [0.15, 0.2) is 6.19 Å². The number of nitriles is 1. The monoisotopic (exact) mass is 245 g/mol. The molecule has 1 aromatic rings. The molecule has 94 valence electrons. The fourth-order valence-electron chi connectivity index (χ4n) is 1.92. The van der Waals surface area contributed by atoms with Crippen LogP contribution in [0.1, 0.15) is 18.6 Å². The molecule has 1 aliphatic rings. The van der Waals surface area contributed by atoms with Gasteiger partial charge in [0.25, 0.3) is 0 Å².